The molecule has 6 heteroatoms. The molecule has 5 fully saturated rings. The topological polar surface area (TPSA) is 9.72 Å². The van der Waals surface area contributed by atoms with Gasteiger partial charge in [-0.05, 0) is 136 Å². The maximum absolute atomic E-state index is 12.7. The quantitative estimate of drug-likeness (QED) is 0.344. The van der Waals surface area contributed by atoms with Crippen LogP contribution in [-0.2, 0) is 0 Å². The van der Waals surface area contributed by atoms with Gasteiger partial charge in [-0.2, -0.15) is 13.2 Å². The highest BCUT2D eigenvalue weighted by molar-refractivity contribution is 4.97. The van der Waals surface area contributed by atoms with Crippen LogP contribution in [0.1, 0.15) is 126 Å². The molecule has 5 rings (SSSR count). The number of hydrogen-bond acceptors (Lipinski definition) is 3. The van der Waals surface area contributed by atoms with Gasteiger partial charge in [0.05, 0.1) is 5.92 Å². The third-order valence-corrected chi connectivity index (χ3v) is 10.7. The van der Waals surface area contributed by atoms with Crippen LogP contribution in [0.5, 0.6) is 0 Å². The molecule has 2 unspecified atom stereocenters. The number of halogens is 3. The largest absolute Gasteiger partial charge is 0.393 e. The number of nitrogens with zero attached hydrogens (tertiary/aromatic N) is 3. The lowest BCUT2D eigenvalue weighted by Crippen LogP contribution is -2.59. The fourth-order valence-corrected chi connectivity index (χ4v) is 7.41. The first kappa shape index (κ1) is 33.2. The van der Waals surface area contributed by atoms with E-state index in [4.69, 9.17) is 0 Å². The molecule has 3 saturated heterocycles. The zero-order valence-electron chi connectivity index (χ0n) is 26.6. The summed E-state index contributed by atoms with van der Waals surface area (Å²) >= 11 is 0. The highest BCUT2D eigenvalue weighted by atomic mass is 19.4. The van der Waals surface area contributed by atoms with Crippen molar-refractivity contribution in [3.63, 3.8) is 0 Å². The minimum atomic E-state index is -4.04. The Kier molecular flexibility index (Phi) is 12.1. The van der Waals surface area contributed by atoms with Crippen molar-refractivity contribution in [1.82, 2.24) is 14.7 Å². The molecule has 5 aliphatic rings. The average Bonchev–Trinajstić information content (AvgIpc) is 3.66. The van der Waals surface area contributed by atoms with Gasteiger partial charge in [-0.3, -0.25) is 4.90 Å². The fraction of sp³-hybridized carbons (Fsp3) is 1.00. The Morgan fingerprint density at radius 2 is 1.18 bits per heavy atom. The van der Waals surface area contributed by atoms with Gasteiger partial charge >= 0.3 is 6.18 Å². The Bertz CT molecular complexity index is 701. The van der Waals surface area contributed by atoms with Crippen LogP contribution in [0.3, 0.4) is 0 Å². The summed E-state index contributed by atoms with van der Waals surface area (Å²) in [5.41, 5.74) is 1.62. The van der Waals surface area contributed by atoms with E-state index in [1.54, 1.807) is 0 Å². The molecule has 0 radical (unpaired) electrons. The standard InChI is InChI=1S/C11H20F3N.2C11H21N/c1-8(2)15-5-4-9(3)6-10(7-15)11(12,13)14;1-10(2)12-8-3-4-11(5-6-11)7-9-12;1-10(2)12-8-11(9-12)6-4-3-5-7-11/h8-10H,4-7H2,1-3H3;2*10H,3-9H2,1-2H3. The molecule has 0 aromatic heterocycles. The molecule has 3 nitrogen and oxygen atoms in total. The predicted molar refractivity (Wildman–Crippen MR) is 159 cm³/mol. The van der Waals surface area contributed by atoms with E-state index >= 15 is 0 Å². The van der Waals surface area contributed by atoms with Crippen LogP contribution in [0.4, 0.5) is 13.2 Å². The lowest BCUT2D eigenvalue weighted by atomic mass is 9.68. The molecule has 2 spiro atoms. The van der Waals surface area contributed by atoms with Gasteiger partial charge in [0, 0.05) is 37.8 Å². The number of hydrogen-bond donors (Lipinski definition) is 0. The second-order valence-electron chi connectivity index (χ2n) is 15.0. The molecule has 2 saturated carbocycles. The maximum Gasteiger partial charge on any atom is 0.393 e. The van der Waals surface area contributed by atoms with Gasteiger partial charge in [-0.1, -0.05) is 26.2 Å². The van der Waals surface area contributed by atoms with Crippen LogP contribution in [0, 0.1) is 22.7 Å². The van der Waals surface area contributed by atoms with Crippen molar-refractivity contribution in [2.75, 3.05) is 39.3 Å². The highest BCUT2D eigenvalue weighted by Crippen LogP contribution is 2.53. The highest BCUT2D eigenvalue weighted by Gasteiger charge is 2.45. The molecule has 0 aromatic carbocycles. The van der Waals surface area contributed by atoms with Crippen molar-refractivity contribution in [3.8, 4) is 0 Å². The lowest BCUT2D eigenvalue weighted by molar-refractivity contribution is -0.181. The Hall–Kier alpha value is -0.330. The summed E-state index contributed by atoms with van der Waals surface area (Å²) in [7, 11) is 0. The van der Waals surface area contributed by atoms with E-state index < -0.39 is 12.1 Å². The van der Waals surface area contributed by atoms with Gasteiger partial charge in [-0.25, -0.2) is 0 Å². The van der Waals surface area contributed by atoms with Crippen molar-refractivity contribution in [1.29, 1.82) is 0 Å². The van der Waals surface area contributed by atoms with Crippen LogP contribution < -0.4 is 0 Å². The van der Waals surface area contributed by atoms with E-state index in [-0.39, 0.29) is 24.9 Å². The second kappa shape index (κ2) is 14.2. The van der Waals surface area contributed by atoms with E-state index in [1.165, 1.54) is 90.4 Å². The summed E-state index contributed by atoms with van der Waals surface area (Å²) in [5, 5.41) is 0. The molecule has 3 heterocycles. The molecule has 2 aliphatic carbocycles. The van der Waals surface area contributed by atoms with Gasteiger partial charge in [0.25, 0.3) is 0 Å². The Labute approximate surface area is 239 Å². The molecular formula is C33H62F3N3. The van der Waals surface area contributed by atoms with Gasteiger partial charge < -0.3 is 9.80 Å². The summed E-state index contributed by atoms with van der Waals surface area (Å²) in [6.07, 6.45) is 12.1. The molecule has 3 aliphatic heterocycles. The monoisotopic (exact) mass is 557 g/mol. The number of rotatable bonds is 3. The summed E-state index contributed by atoms with van der Waals surface area (Å²) in [4.78, 5) is 7.21. The van der Waals surface area contributed by atoms with Crippen LogP contribution >= 0.6 is 0 Å². The normalized spacial score (nSPS) is 29.8. The third kappa shape index (κ3) is 10.2. The number of likely N-dealkylation sites (tertiary alicyclic amines) is 3. The third-order valence-electron chi connectivity index (χ3n) is 10.7. The van der Waals surface area contributed by atoms with Crippen molar-refractivity contribution in [2.45, 2.75) is 150 Å². The van der Waals surface area contributed by atoms with E-state index in [0.717, 1.165) is 35.9 Å². The van der Waals surface area contributed by atoms with E-state index in [0.29, 0.717) is 0 Å². The molecule has 0 aromatic rings. The van der Waals surface area contributed by atoms with E-state index in [2.05, 4.69) is 37.5 Å². The lowest BCUT2D eigenvalue weighted by Gasteiger charge is -2.54. The molecule has 39 heavy (non-hydrogen) atoms. The van der Waals surface area contributed by atoms with Crippen molar-refractivity contribution >= 4 is 0 Å². The maximum atomic E-state index is 12.7. The van der Waals surface area contributed by atoms with Crippen LogP contribution in [0.25, 0.3) is 0 Å². The summed E-state index contributed by atoms with van der Waals surface area (Å²) in [6, 6.07) is 1.75. The Morgan fingerprint density at radius 1 is 0.615 bits per heavy atom. The van der Waals surface area contributed by atoms with Crippen molar-refractivity contribution < 1.29 is 13.2 Å². The average molecular weight is 558 g/mol. The molecular weight excluding hydrogens is 495 g/mol. The Morgan fingerprint density at radius 3 is 1.69 bits per heavy atom. The van der Waals surface area contributed by atoms with Gasteiger partial charge in [-0.15, -0.1) is 0 Å². The first-order valence-corrected chi connectivity index (χ1v) is 16.5. The van der Waals surface area contributed by atoms with Crippen molar-refractivity contribution in [2.24, 2.45) is 22.7 Å². The van der Waals surface area contributed by atoms with Gasteiger partial charge in [0.15, 0.2) is 0 Å². The minimum absolute atomic E-state index is 0.172. The molecule has 0 bridgehead atoms. The fourth-order valence-electron chi connectivity index (χ4n) is 7.41. The smallest absolute Gasteiger partial charge is 0.301 e. The zero-order chi connectivity index (χ0) is 28.8. The molecule has 2 atom stereocenters. The first-order valence-electron chi connectivity index (χ1n) is 16.5. The molecule has 0 N–H and O–H groups in total. The summed E-state index contributed by atoms with van der Waals surface area (Å²) < 4.78 is 38.1. The van der Waals surface area contributed by atoms with Crippen LogP contribution in [-0.4, -0.2) is 78.3 Å². The predicted octanol–water partition coefficient (Wildman–Crippen LogP) is 8.63. The van der Waals surface area contributed by atoms with Crippen LogP contribution in [0.15, 0.2) is 0 Å². The van der Waals surface area contributed by atoms with Gasteiger partial charge in [0.1, 0.15) is 0 Å². The van der Waals surface area contributed by atoms with E-state index in [1.807, 2.05) is 25.7 Å². The Balaban J connectivity index is 0.000000163. The zero-order valence-corrected chi connectivity index (χ0v) is 26.6. The summed E-state index contributed by atoms with van der Waals surface area (Å²) in [5.74, 6) is -0.960. The minimum Gasteiger partial charge on any atom is -0.301 e. The van der Waals surface area contributed by atoms with Crippen LogP contribution in [0.2, 0.25) is 0 Å². The van der Waals surface area contributed by atoms with E-state index in [9.17, 15) is 13.2 Å². The number of alkyl halides is 3. The summed E-state index contributed by atoms with van der Waals surface area (Å²) in [6.45, 7) is 21.6. The molecule has 0 amide bonds. The second-order valence-corrected chi connectivity index (χ2v) is 15.0. The first-order chi connectivity index (χ1) is 18.2. The van der Waals surface area contributed by atoms with Gasteiger partial charge in [0.2, 0.25) is 0 Å². The van der Waals surface area contributed by atoms with Crippen molar-refractivity contribution in [3.05, 3.63) is 0 Å². The molecule has 230 valence electrons. The SMILES string of the molecule is CC(C)N1CC2(CCCCC2)C1.CC(C)N1CCCC2(CC1)CC2.CC1CCN(C(C)C)CC(C(F)(F)F)C1.